The number of nitro groups is 1. The second kappa shape index (κ2) is 5.79. The van der Waals surface area contributed by atoms with Gasteiger partial charge in [0.15, 0.2) is 0 Å². The first-order chi connectivity index (χ1) is 7.99. The van der Waals surface area contributed by atoms with Gasteiger partial charge in [0.1, 0.15) is 6.61 Å². The average molecular weight is 235 g/mol. The molecule has 1 aromatic rings. The summed E-state index contributed by atoms with van der Waals surface area (Å²) in [6, 6.07) is 5.88. The van der Waals surface area contributed by atoms with Crippen molar-refractivity contribution < 1.29 is 14.5 Å². The third kappa shape index (κ3) is 4.46. The summed E-state index contributed by atoms with van der Waals surface area (Å²) in [4.78, 5) is 21.1. The molecule has 0 spiro atoms. The summed E-state index contributed by atoms with van der Waals surface area (Å²) >= 11 is 0. The van der Waals surface area contributed by atoms with Crippen LogP contribution in [0.15, 0.2) is 35.9 Å². The number of benzene rings is 1. The number of allylic oxidation sites excluding steroid dienone is 1. The van der Waals surface area contributed by atoms with E-state index in [1.807, 2.05) is 0 Å². The first-order valence-corrected chi connectivity index (χ1v) is 5.04. The minimum atomic E-state index is -0.473. The first kappa shape index (κ1) is 12.9. The molecular formula is C12H13NO4. The standard InChI is InChI=1S/C12H13NO4/c1-9(2)7-12(14)17-8-10-3-5-11(6-4-10)13(15)16/h3-7H,8H2,1-2H3. The van der Waals surface area contributed by atoms with Crippen molar-refractivity contribution in [2.75, 3.05) is 0 Å². The normalized spacial score (nSPS) is 9.53. The third-order valence-electron chi connectivity index (χ3n) is 1.93. The lowest BCUT2D eigenvalue weighted by Gasteiger charge is -2.02. The fraction of sp³-hybridized carbons (Fsp3) is 0.250. The van der Waals surface area contributed by atoms with Gasteiger partial charge in [-0.25, -0.2) is 4.79 Å². The molecule has 1 rings (SSSR count). The summed E-state index contributed by atoms with van der Waals surface area (Å²) < 4.78 is 4.95. The van der Waals surface area contributed by atoms with Crippen molar-refractivity contribution in [3.63, 3.8) is 0 Å². The third-order valence-corrected chi connectivity index (χ3v) is 1.93. The van der Waals surface area contributed by atoms with Crippen LogP contribution >= 0.6 is 0 Å². The van der Waals surface area contributed by atoms with E-state index < -0.39 is 10.9 Å². The van der Waals surface area contributed by atoms with Crippen LogP contribution in [0.2, 0.25) is 0 Å². The Morgan fingerprint density at radius 1 is 1.35 bits per heavy atom. The van der Waals surface area contributed by atoms with E-state index in [9.17, 15) is 14.9 Å². The lowest BCUT2D eigenvalue weighted by atomic mass is 10.2. The molecule has 17 heavy (non-hydrogen) atoms. The number of ether oxygens (including phenoxy) is 1. The number of nitro benzene ring substituents is 1. The van der Waals surface area contributed by atoms with E-state index >= 15 is 0 Å². The van der Waals surface area contributed by atoms with Crippen molar-refractivity contribution in [2.45, 2.75) is 20.5 Å². The molecule has 0 amide bonds. The van der Waals surface area contributed by atoms with Crippen LogP contribution in [0.1, 0.15) is 19.4 Å². The molecule has 0 bridgehead atoms. The van der Waals surface area contributed by atoms with E-state index in [1.165, 1.54) is 18.2 Å². The zero-order valence-corrected chi connectivity index (χ0v) is 9.67. The van der Waals surface area contributed by atoms with Crippen molar-refractivity contribution in [3.8, 4) is 0 Å². The van der Waals surface area contributed by atoms with Gasteiger partial charge in [0.25, 0.3) is 5.69 Å². The van der Waals surface area contributed by atoms with Crippen LogP contribution in [0, 0.1) is 10.1 Å². The molecule has 0 atom stereocenters. The average Bonchev–Trinajstić information content (AvgIpc) is 2.26. The Balaban J connectivity index is 2.56. The quantitative estimate of drug-likeness (QED) is 0.348. The second-order valence-corrected chi connectivity index (χ2v) is 3.75. The topological polar surface area (TPSA) is 69.4 Å². The van der Waals surface area contributed by atoms with Crippen molar-refractivity contribution in [1.82, 2.24) is 0 Å². The Hall–Kier alpha value is -2.17. The maximum Gasteiger partial charge on any atom is 0.331 e. The number of carbonyl (C=O) groups is 1. The van der Waals surface area contributed by atoms with Crippen LogP contribution in [0.25, 0.3) is 0 Å². The molecule has 0 fully saturated rings. The number of hydrogen-bond acceptors (Lipinski definition) is 4. The molecule has 5 nitrogen and oxygen atoms in total. The van der Waals surface area contributed by atoms with Gasteiger partial charge in [-0.15, -0.1) is 0 Å². The molecule has 0 saturated carbocycles. The van der Waals surface area contributed by atoms with Crippen LogP contribution in [-0.4, -0.2) is 10.9 Å². The van der Waals surface area contributed by atoms with E-state index in [-0.39, 0.29) is 12.3 Å². The Kier molecular flexibility index (Phi) is 4.39. The van der Waals surface area contributed by atoms with E-state index in [1.54, 1.807) is 26.0 Å². The highest BCUT2D eigenvalue weighted by molar-refractivity contribution is 5.82. The molecule has 5 heteroatoms. The van der Waals surface area contributed by atoms with Gasteiger partial charge >= 0.3 is 5.97 Å². The fourth-order valence-corrected chi connectivity index (χ4v) is 1.15. The van der Waals surface area contributed by atoms with Gasteiger partial charge in [-0.05, 0) is 31.5 Å². The summed E-state index contributed by atoms with van der Waals surface area (Å²) in [5, 5.41) is 10.4. The number of rotatable bonds is 4. The number of nitrogens with zero attached hydrogens (tertiary/aromatic N) is 1. The van der Waals surface area contributed by atoms with Gasteiger partial charge in [0.2, 0.25) is 0 Å². The molecule has 0 aliphatic rings. The molecule has 90 valence electrons. The number of non-ortho nitro benzene ring substituents is 1. The summed E-state index contributed by atoms with van der Waals surface area (Å²) in [5.74, 6) is -0.414. The monoisotopic (exact) mass is 235 g/mol. The molecular weight excluding hydrogens is 222 g/mol. The van der Waals surface area contributed by atoms with E-state index in [0.717, 1.165) is 5.57 Å². The van der Waals surface area contributed by atoms with Gasteiger partial charge in [-0.3, -0.25) is 10.1 Å². The summed E-state index contributed by atoms with van der Waals surface area (Å²) in [6.07, 6.45) is 1.39. The van der Waals surface area contributed by atoms with Gasteiger partial charge < -0.3 is 4.74 Å². The Morgan fingerprint density at radius 2 is 1.94 bits per heavy atom. The second-order valence-electron chi connectivity index (χ2n) is 3.75. The van der Waals surface area contributed by atoms with Crippen LogP contribution in [0.3, 0.4) is 0 Å². The summed E-state index contributed by atoms with van der Waals surface area (Å²) in [6.45, 7) is 3.71. The molecule has 0 aliphatic heterocycles. The van der Waals surface area contributed by atoms with Crippen molar-refractivity contribution >= 4 is 11.7 Å². The number of carbonyl (C=O) groups excluding carboxylic acids is 1. The van der Waals surface area contributed by atoms with Crippen molar-refractivity contribution in [1.29, 1.82) is 0 Å². The minimum Gasteiger partial charge on any atom is -0.458 e. The van der Waals surface area contributed by atoms with Crippen molar-refractivity contribution in [3.05, 3.63) is 51.6 Å². The Bertz CT molecular complexity index is 444. The molecule has 0 aliphatic carbocycles. The summed E-state index contributed by atoms with van der Waals surface area (Å²) in [5.41, 5.74) is 1.59. The van der Waals surface area contributed by atoms with Crippen LogP contribution in [0.4, 0.5) is 5.69 Å². The van der Waals surface area contributed by atoms with Crippen LogP contribution in [-0.2, 0) is 16.1 Å². The molecule has 0 N–H and O–H groups in total. The van der Waals surface area contributed by atoms with Gasteiger partial charge in [-0.2, -0.15) is 0 Å². The largest absolute Gasteiger partial charge is 0.458 e. The highest BCUT2D eigenvalue weighted by Crippen LogP contribution is 2.12. The molecule has 0 saturated heterocycles. The van der Waals surface area contributed by atoms with E-state index in [4.69, 9.17) is 4.74 Å². The smallest absolute Gasteiger partial charge is 0.331 e. The fourth-order valence-electron chi connectivity index (χ4n) is 1.15. The highest BCUT2D eigenvalue weighted by Gasteiger charge is 2.05. The predicted octanol–water partition coefficient (Wildman–Crippen LogP) is 2.60. The minimum absolute atomic E-state index is 0.0179. The van der Waals surface area contributed by atoms with Crippen LogP contribution in [0.5, 0.6) is 0 Å². The maximum absolute atomic E-state index is 11.2. The van der Waals surface area contributed by atoms with Gasteiger partial charge in [-0.1, -0.05) is 5.57 Å². The molecule has 0 radical (unpaired) electrons. The van der Waals surface area contributed by atoms with Gasteiger partial charge in [0, 0.05) is 18.2 Å². The van der Waals surface area contributed by atoms with Crippen molar-refractivity contribution in [2.24, 2.45) is 0 Å². The Labute approximate surface area is 98.9 Å². The predicted molar refractivity (Wildman–Crippen MR) is 62.3 cm³/mol. The molecule has 1 aromatic carbocycles. The zero-order valence-electron chi connectivity index (χ0n) is 9.67. The molecule has 0 aromatic heterocycles. The maximum atomic E-state index is 11.2. The van der Waals surface area contributed by atoms with E-state index in [2.05, 4.69) is 0 Å². The highest BCUT2D eigenvalue weighted by atomic mass is 16.6. The van der Waals surface area contributed by atoms with Gasteiger partial charge in [0.05, 0.1) is 4.92 Å². The first-order valence-electron chi connectivity index (χ1n) is 5.04. The molecule has 0 unspecified atom stereocenters. The number of hydrogen-bond donors (Lipinski definition) is 0. The Morgan fingerprint density at radius 3 is 2.41 bits per heavy atom. The summed E-state index contributed by atoms with van der Waals surface area (Å²) in [7, 11) is 0. The SMILES string of the molecule is CC(C)=CC(=O)OCc1ccc([N+](=O)[O-])cc1. The zero-order chi connectivity index (χ0) is 12.8. The van der Waals surface area contributed by atoms with E-state index in [0.29, 0.717) is 5.56 Å². The molecule has 0 heterocycles. The lowest BCUT2D eigenvalue weighted by molar-refractivity contribution is -0.384. The lowest BCUT2D eigenvalue weighted by Crippen LogP contribution is -2.01. The number of esters is 1. The van der Waals surface area contributed by atoms with Crippen LogP contribution < -0.4 is 0 Å².